The Morgan fingerprint density at radius 1 is 1.38 bits per heavy atom. The lowest BCUT2D eigenvalue weighted by atomic mass is 9.89. The fourth-order valence-corrected chi connectivity index (χ4v) is 3.15. The first-order chi connectivity index (χ1) is 7.75. The van der Waals surface area contributed by atoms with Crippen LogP contribution in [0.2, 0.25) is 0 Å². The van der Waals surface area contributed by atoms with Gasteiger partial charge in [-0.2, -0.15) is 4.37 Å². The van der Waals surface area contributed by atoms with E-state index in [1.165, 1.54) is 50.1 Å². The number of rotatable bonds is 4. The molecule has 3 nitrogen and oxygen atoms in total. The largest absolute Gasteiger partial charge is 0.360 e. The Hall–Kier alpha value is -0.640. The number of aromatic nitrogens is 2. The molecule has 0 unspecified atom stereocenters. The van der Waals surface area contributed by atoms with Gasteiger partial charge in [0.05, 0.1) is 0 Å². The van der Waals surface area contributed by atoms with Gasteiger partial charge in [-0.3, -0.25) is 0 Å². The molecular formula is C12H19N3S. The van der Waals surface area contributed by atoms with Crippen molar-refractivity contribution in [1.82, 2.24) is 9.36 Å². The van der Waals surface area contributed by atoms with Gasteiger partial charge < -0.3 is 5.32 Å². The van der Waals surface area contributed by atoms with Crippen LogP contribution in [0.5, 0.6) is 0 Å². The highest BCUT2D eigenvalue weighted by atomic mass is 32.1. The summed E-state index contributed by atoms with van der Waals surface area (Å²) in [6.45, 7) is 3.45. The molecule has 0 saturated heterocycles. The summed E-state index contributed by atoms with van der Waals surface area (Å²) in [4.78, 5) is 4.56. The maximum absolute atomic E-state index is 4.56. The van der Waals surface area contributed by atoms with Crippen molar-refractivity contribution >= 4 is 16.7 Å². The zero-order valence-corrected chi connectivity index (χ0v) is 10.6. The number of nitrogens with zero attached hydrogens (tertiary/aromatic N) is 2. The van der Waals surface area contributed by atoms with Gasteiger partial charge in [-0.1, -0.05) is 19.8 Å². The van der Waals surface area contributed by atoms with Crippen LogP contribution in [0.1, 0.15) is 57.2 Å². The molecule has 88 valence electrons. The zero-order valence-electron chi connectivity index (χ0n) is 9.83. The highest BCUT2D eigenvalue weighted by molar-refractivity contribution is 7.09. The summed E-state index contributed by atoms with van der Waals surface area (Å²) in [5.74, 6) is 1.75. The fraction of sp³-hybridized carbons (Fsp3) is 0.833. The molecule has 1 N–H and O–H groups in total. The second-order valence-corrected chi connectivity index (χ2v) is 6.36. The Kier molecular flexibility index (Phi) is 2.62. The molecule has 1 heterocycles. The van der Waals surface area contributed by atoms with Crippen molar-refractivity contribution in [3.8, 4) is 0 Å². The average Bonchev–Trinajstić information content (AvgIpc) is 2.87. The van der Waals surface area contributed by atoms with Crippen LogP contribution < -0.4 is 5.32 Å². The van der Waals surface area contributed by atoms with E-state index >= 15 is 0 Å². The van der Waals surface area contributed by atoms with Gasteiger partial charge in [0.2, 0.25) is 5.13 Å². The minimum absolute atomic E-state index is 0.491. The van der Waals surface area contributed by atoms with E-state index in [9.17, 15) is 0 Å². The Balaban J connectivity index is 1.56. The maximum Gasteiger partial charge on any atom is 0.202 e. The maximum atomic E-state index is 4.56. The molecule has 0 spiro atoms. The summed E-state index contributed by atoms with van der Waals surface area (Å²) in [7, 11) is 0. The molecule has 4 heteroatoms. The molecule has 3 rings (SSSR count). The molecule has 0 aromatic carbocycles. The summed E-state index contributed by atoms with van der Waals surface area (Å²) in [6.07, 6.45) is 8.06. The minimum Gasteiger partial charge on any atom is -0.360 e. The van der Waals surface area contributed by atoms with Crippen molar-refractivity contribution in [3.63, 3.8) is 0 Å². The van der Waals surface area contributed by atoms with E-state index < -0.39 is 0 Å². The molecule has 2 saturated carbocycles. The van der Waals surface area contributed by atoms with Gasteiger partial charge in [0.25, 0.3) is 0 Å². The summed E-state index contributed by atoms with van der Waals surface area (Å²) in [5.41, 5.74) is 0.491. The first kappa shape index (κ1) is 10.5. The monoisotopic (exact) mass is 237 g/mol. The van der Waals surface area contributed by atoms with Crippen molar-refractivity contribution in [3.05, 3.63) is 5.82 Å². The van der Waals surface area contributed by atoms with Gasteiger partial charge in [-0.15, -0.1) is 0 Å². The summed E-state index contributed by atoms with van der Waals surface area (Å²) in [5, 5.41) is 4.50. The van der Waals surface area contributed by atoms with Crippen LogP contribution in [0.4, 0.5) is 5.13 Å². The first-order valence-electron chi connectivity index (χ1n) is 6.33. The molecular weight excluding hydrogens is 218 g/mol. The van der Waals surface area contributed by atoms with Crippen LogP contribution >= 0.6 is 11.5 Å². The molecule has 16 heavy (non-hydrogen) atoms. The molecule has 2 aliphatic rings. The highest BCUT2D eigenvalue weighted by Crippen LogP contribution is 2.40. The van der Waals surface area contributed by atoms with Gasteiger partial charge in [-0.25, -0.2) is 4.98 Å². The standard InChI is InChI=1S/C12H19N3S/c1-12(6-2-3-7-12)8-13-11-14-10(15-16-11)9-4-5-9/h9H,2-8H2,1H3,(H,13,14,15). The SMILES string of the molecule is CC1(CNc2nc(C3CC3)ns2)CCCC1. The van der Waals surface area contributed by atoms with E-state index in [1.54, 1.807) is 0 Å². The number of nitrogens with one attached hydrogen (secondary N) is 1. The van der Waals surface area contributed by atoms with Crippen LogP contribution in [0.25, 0.3) is 0 Å². The van der Waals surface area contributed by atoms with Crippen molar-refractivity contribution < 1.29 is 0 Å². The van der Waals surface area contributed by atoms with Gasteiger partial charge in [0.15, 0.2) is 0 Å². The van der Waals surface area contributed by atoms with E-state index in [1.807, 2.05) is 0 Å². The lowest BCUT2D eigenvalue weighted by Gasteiger charge is -2.23. The van der Waals surface area contributed by atoms with Crippen LogP contribution in [-0.2, 0) is 0 Å². The summed E-state index contributed by atoms with van der Waals surface area (Å²) >= 11 is 1.53. The molecule has 2 aliphatic carbocycles. The topological polar surface area (TPSA) is 37.8 Å². The minimum atomic E-state index is 0.491. The Bertz CT molecular complexity index is 364. The average molecular weight is 237 g/mol. The van der Waals surface area contributed by atoms with Gasteiger partial charge in [-0.05, 0) is 31.1 Å². The number of hydrogen-bond donors (Lipinski definition) is 1. The van der Waals surface area contributed by atoms with E-state index in [-0.39, 0.29) is 0 Å². The van der Waals surface area contributed by atoms with Crippen molar-refractivity contribution in [2.75, 3.05) is 11.9 Å². The smallest absolute Gasteiger partial charge is 0.202 e. The molecule has 0 bridgehead atoms. The van der Waals surface area contributed by atoms with E-state index in [0.29, 0.717) is 11.3 Å². The Labute approximate surface area is 101 Å². The van der Waals surface area contributed by atoms with Crippen molar-refractivity contribution in [1.29, 1.82) is 0 Å². The summed E-state index contributed by atoms with van der Waals surface area (Å²) in [6, 6.07) is 0. The van der Waals surface area contributed by atoms with Crippen LogP contribution in [0.15, 0.2) is 0 Å². The van der Waals surface area contributed by atoms with Crippen LogP contribution in [-0.4, -0.2) is 15.9 Å². The third-order valence-electron chi connectivity index (χ3n) is 3.86. The Morgan fingerprint density at radius 2 is 2.12 bits per heavy atom. The lowest BCUT2D eigenvalue weighted by molar-refractivity contribution is 0.362. The molecule has 0 amide bonds. The van der Waals surface area contributed by atoms with Crippen LogP contribution in [0, 0.1) is 5.41 Å². The molecule has 0 aliphatic heterocycles. The molecule has 1 aromatic rings. The predicted molar refractivity (Wildman–Crippen MR) is 66.9 cm³/mol. The van der Waals surface area contributed by atoms with Crippen molar-refractivity contribution in [2.45, 2.75) is 51.4 Å². The van der Waals surface area contributed by atoms with Gasteiger partial charge in [0, 0.05) is 24.0 Å². The number of anilines is 1. The third kappa shape index (κ3) is 2.21. The first-order valence-corrected chi connectivity index (χ1v) is 7.10. The number of hydrogen-bond acceptors (Lipinski definition) is 4. The van der Waals surface area contributed by atoms with E-state index in [2.05, 4.69) is 21.6 Å². The highest BCUT2D eigenvalue weighted by Gasteiger charge is 2.30. The zero-order chi connectivity index (χ0) is 11.0. The second-order valence-electron chi connectivity index (χ2n) is 5.60. The van der Waals surface area contributed by atoms with E-state index in [0.717, 1.165) is 17.5 Å². The Morgan fingerprint density at radius 3 is 2.81 bits per heavy atom. The quantitative estimate of drug-likeness (QED) is 0.872. The van der Waals surface area contributed by atoms with Gasteiger partial charge in [0.1, 0.15) is 5.82 Å². The van der Waals surface area contributed by atoms with Crippen molar-refractivity contribution in [2.24, 2.45) is 5.41 Å². The molecule has 0 radical (unpaired) electrons. The molecule has 1 aromatic heterocycles. The van der Waals surface area contributed by atoms with Crippen LogP contribution in [0.3, 0.4) is 0 Å². The van der Waals surface area contributed by atoms with E-state index in [4.69, 9.17) is 0 Å². The third-order valence-corrected chi connectivity index (χ3v) is 4.55. The normalized spacial score (nSPS) is 23.6. The fourth-order valence-electron chi connectivity index (χ4n) is 2.51. The molecule has 2 fully saturated rings. The molecule has 0 atom stereocenters. The van der Waals surface area contributed by atoms with Gasteiger partial charge >= 0.3 is 0 Å². The summed E-state index contributed by atoms with van der Waals surface area (Å²) < 4.78 is 4.41. The predicted octanol–water partition coefficient (Wildman–Crippen LogP) is 3.41. The lowest BCUT2D eigenvalue weighted by Crippen LogP contribution is -2.22. The second kappa shape index (κ2) is 3.99.